The summed E-state index contributed by atoms with van der Waals surface area (Å²) in [5.74, 6) is -1.28. The highest BCUT2D eigenvalue weighted by Crippen LogP contribution is 2.49. The first-order valence-corrected chi connectivity index (χ1v) is 18.3. The largest absolute Gasteiger partial charge is 0.490 e. The van der Waals surface area contributed by atoms with Crippen LogP contribution in [0.15, 0.2) is 42.0 Å². The molecule has 12 heteroatoms. The lowest BCUT2D eigenvalue weighted by molar-refractivity contribution is -0.150. The van der Waals surface area contributed by atoms with Gasteiger partial charge >= 0.3 is 11.9 Å². The van der Waals surface area contributed by atoms with E-state index in [0.29, 0.717) is 49.5 Å². The van der Waals surface area contributed by atoms with Gasteiger partial charge in [-0.2, -0.15) is 0 Å². The van der Waals surface area contributed by atoms with E-state index in [1.165, 1.54) is 13.0 Å². The predicted molar refractivity (Wildman–Crippen MR) is 177 cm³/mol. The number of carbonyl (C=O) groups is 2. The fourth-order valence-electron chi connectivity index (χ4n) is 8.11. The van der Waals surface area contributed by atoms with Gasteiger partial charge in [0, 0.05) is 31.3 Å². The number of sulfonamides is 1. The molecule has 1 aliphatic heterocycles. The zero-order chi connectivity index (χ0) is 33.8. The smallest absolute Gasteiger partial charge is 0.335 e. The van der Waals surface area contributed by atoms with Crippen molar-refractivity contribution in [2.24, 2.45) is 28.8 Å². The molecule has 254 valence electrons. The lowest BCUT2D eigenvalue weighted by atomic mass is 9.64. The number of ether oxygens (including phenoxy) is 2. The summed E-state index contributed by atoms with van der Waals surface area (Å²) in [7, 11) is -3.68. The summed E-state index contributed by atoms with van der Waals surface area (Å²) in [4.78, 5) is 26.5. The van der Waals surface area contributed by atoms with E-state index in [9.17, 15) is 23.1 Å². The topological polar surface area (TPSA) is 136 Å². The number of halogens is 2. The van der Waals surface area contributed by atoms with Gasteiger partial charge in [-0.05, 0) is 104 Å². The molecule has 47 heavy (non-hydrogen) atoms. The summed E-state index contributed by atoms with van der Waals surface area (Å²) in [5, 5.41) is 14.6. The molecule has 1 spiro atoms. The number of carboxylic acids is 1. The second kappa shape index (κ2) is 12.7. The molecule has 3 aliphatic carbocycles. The Hall–Kier alpha value is -3.15. The number of primary sulfonamides is 1. The number of benzene rings is 2. The Labute approximate surface area is 280 Å². The van der Waals surface area contributed by atoms with Crippen LogP contribution in [0, 0.1) is 29.5 Å². The van der Waals surface area contributed by atoms with E-state index in [4.69, 9.17) is 26.2 Å². The van der Waals surface area contributed by atoms with E-state index >= 15 is 4.39 Å². The van der Waals surface area contributed by atoms with E-state index in [1.807, 2.05) is 19.1 Å². The highest BCUT2D eigenvalue weighted by Gasteiger charge is 2.47. The maximum atomic E-state index is 15.3. The molecule has 0 aromatic heterocycles. The summed E-state index contributed by atoms with van der Waals surface area (Å²) in [6, 6.07) is 8.38. The Morgan fingerprint density at radius 3 is 2.62 bits per heavy atom. The highest BCUT2D eigenvalue weighted by molar-refractivity contribution is 7.89. The molecule has 1 heterocycles. The zero-order valence-electron chi connectivity index (χ0n) is 26.9. The minimum absolute atomic E-state index is 0.0131. The molecule has 6 rings (SSSR count). The van der Waals surface area contributed by atoms with Gasteiger partial charge in [0.05, 0.1) is 28.1 Å². The Morgan fingerprint density at radius 1 is 1.23 bits per heavy atom. The van der Waals surface area contributed by atoms with Crippen LogP contribution < -0.4 is 14.8 Å². The van der Waals surface area contributed by atoms with Gasteiger partial charge in [0.25, 0.3) is 0 Å². The molecule has 2 aromatic rings. The van der Waals surface area contributed by atoms with Gasteiger partial charge in [-0.1, -0.05) is 30.7 Å². The van der Waals surface area contributed by atoms with Crippen molar-refractivity contribution < 1.29 is 37.0 Å². The van der Waals surface area contributed by atoms with Crippen molar-refractivity contribution in [1.82, 2.24) is 0 Å². The van der Waals surface area contributed by atoms with Gasteiger partial charge in [0.2, 0.25) is 10.0 Å². The van der Waals surface area contributed by atoms with E-state index in [-0.39, 0.29) is 40.2 Å². The van der Waals surface area contributed by atoms with Crippen LogP contribution in [0.25, 0.3) is 0 Å². The monoisotopic (exact) mass is 688 g/mol. The zero-order valence-corrected chi connectivity index (χ0v) is 28.5. The van der Waals surface area contributed by atoms with Gasteiger partial charge in [0.15, 0.2) is 0 Å². The van der Waals surface area contributed by atoms with Gasteiger partial charge in [-0.15, -0.1) is 0 Å². The number of allylic oxidation sites excluding steroid dienone is 1. The van der Waals surface area contributed by atoms with Gasteiger partial charge in [-0.3, -0.25) is 4.79 Å². The quantitative estimate of drug-likeness (QED) is 0.247. The third-order valence-corrected chi connectivity index (χ3v) is 13.0. The fraction of sp³-hybridized carbons (Fsp3) is 0.543. The van der Waals surface area contributed by atoms with Crippen LogP contribution in [-0.2, 0) is 31.4 Å². The fourth-order valence-corrected chi connectivity index (χ4v) is 9.09. The number of hydrogen-bond acceptors (Lipinski definition) is 7. The summed E-state index contributed by atoms with van der Waals surface area (Å²) < 4.78 is 51.6. The Kier molecular flexibility index (Phi) is 9.12. The molecule has 1 saturated carbocycles. The van der Waals surface area contributed by atoms with Crippen molar-refractivity contribution in [3.8, 4) is 5.75 Å². The molecule has 4 aliphatic rings. The van der Waals surface area contributed by atoms with Crippen LogP contribution in [0.2, 0.25) is 5.02 Å². The van der Waals surface area contributed by atoms with Crippen molar-refractivity contribution in [3.05, 3.63) is 69.5 Å². The van der Waals surface area contributed by atoms with Crippen LogP contribution in [0.5, 0.6) is 5.75 Å². The van der Waals surface area contributed by atoms with Crippen molar-refractivity contribution in [1.29, 1.82) is 0 Å². The van der Waals surface area contributed by atoms with E-state index < -0.39 is 38.6 Å². The molecule has 9 nitrogen and oxygen atoms in total. The number of fused-ring (bicyclic) bond motifs is 3. The number of esters is 1. The Morgan fingerprint density at radius 2 is 1.98 bits per heavy atom. The lowest BCUT2D eigenvalue weighted by Crippen LogP contribution is -2.51. The molecule has 0 amide bonds. The highest BCUT2D eigenvalue weighted by atomic mass is 35.5. The van der Waals surface area contributed by atoms with Crippen LogP contribution in [0.4, 0.5) is 10.1 Å². The van der Waals surface area contributed by atoms with Crippen LogP contribution in [0.1, 0.15) is 74.4 Å². The van der Waals surface area contributed by atoms with Crippen LogP contribution in [-0.4, -0.2) is 56.5 Å². The third kappa shape index (κ3) is 6.38. The van der Waals surface area contributed by atoms with Gasteiger partial charge < -0.3 is 19.5 Å². The van der Waals surface area contributed by atoms with E-state index in [1.54, 1.807) is 25.1 Å². The number of carbonyl (C=O) groups excluding carboxylic acids is 1. The molecule has 7 atom stereocenters. The molecular formula is C35H42ClFN2O7S. The first-order valence-electron chi connectivity index (χ1n) is 16.3. The number of carboxylic acid groups (broad SMARTS) is 1. The number of anilines is 1. The maximum absolute atomic E-state index is 15.3. The number of rotatable bonds is 9. The molecule has 0 saturated heterocycles. The lowest BCUT2D eigenvalue weighted by Gasteiger charge is -2.48. The average molecular weight is 689 g/mol. The van der Waals surface area contributed by atoms with Crippen LogP contribution in [0.3, 0.4) is 0 Å². The third-order valence-electron chi connectivity index (χ3n) is 11.2. The van der Waals surface area contributed by atoms with Crippen molar-refractivity contribution >= 4 is 39.3 Å². The summed E-state index contributed by atoms with van der Waals surface area (Å²) in [6.45, 7) is 6.26. The minimum Gasteiger partial charge on any atom is -0.490 e. The molecular weight excluding hydrogens is 647 g/mol. The molecule has 0 unspecified atom stereocenters. The van der Waals surface area contributed by atoms with Crippen LogP contribution >= 0.6 is 11.6 Å². The average Bonchev–Trinajstić information content (AvgIpc) is 3.12. The predicted octanol–water partition coefficient (Wildman–Crippen LogP) is 5.87. The van der Waals surface area contributed by atoms with E-state index in [0.717, 1.165) is 36.8 Å². The molecule has 0 bridgehead atoms. The Bertz CT molecular complexity index is 1730. The Balaban J connectivity index is 1.31. The number of nitrogens with two attached hydrogens (primary N) is 1. The first kappa shape index (κ1) is 33.7. The van der Waals surface area contributed by atoms with Gasteiger partial charge in [-0.25, -0.2) is 22.7 Å². The minimum atomic E-state index is -3.68. The van der Waals surface area contributed by atoms with Crippen molar-refractivity contribution in [2.45, 2.75) is 76.1 Å². The molecule has 0 radical (unpaired) electrons. The maximum Gasteiger partial charge on any atom is 0.335 e. The summed E-state index contributed by atoms with van der Waals surface area (Å²) in [5.41, 5.74) is 2.75. The second-order valence-electron chi connectivity index (χ2n) is 14.0. The molecule has 2 aromatic carbocycles. The van der Waals surface area contributed by atoms with Gasteiger partial charge in [0.1, 0.15) is 17.7 Å². The molecule has 3 N–H and O–H groups in total. The normalized spacial score (nSPS) is 27.1. The van der Waals surface area contributed by atoms with E-state index in [2.05, 4.69) is 4.90 Å². The number of hydrogen-bond donors (Lipinski definition) is 2. The van der Waals surface area contributed by atoms with Crippen molar-refractivity contribution in [3.63, 3.8) is 0 Å². The standard InChI is InChI=1S/C35H42ClFN2O7S/c1-19(20(2)47(38,43)44)24-13-25(14-24)33(46-21(3)40)26-8-6-23(26)16-39-17-35(12-4-5-27-28(35)9-10-29(36)32(27)37)18-45-31-11-7-22(34(41)42)15-30(31)39/h7,9-11,13,15,19-20,23-24,26,33H,4-6,8,12,14,16-18H2,1-3H3,(H,41,42)(H2,38,43,44)/t19-,20-,23+,24+,26-,33+,35+/m1/s1. The second-order valence-corrected chi connectivity index (χ2v) is 16.3. The first-order chi connectivity index (χ1) is 22.2. The number of nitrogens with zero attached hydrogens (tertiary/aromatic N) is 1. The summed E-state index contributed by atoms with van der Waals surface area (Å²) >= 11 is 6.19. The van der Waals surface area contributed by atoms with Crippen molar-refractivity contribution in [2.75, 3.05) is 24.6 Å². The SMILES string of the molecule is CC(=O)O[C@@H](C1=C[C@H]([C@H](C)[C@@H](C)S(N)(=O)=O)C1)[C@@H]1CC[C@H]1CN1C[C@@]2(CCCc3c2ccc(Cl)c3F)COc2ccc(C(=O)O)cc21. The number of aromatic carboxylic acids is 1. The molecule has 1 fully saturated rings. The summed E-state index contributed by atoms with van der Waals surface area (Å²) in [6.07, 6.45) is 6.07.